The first-order chi connectivity index (χ1) is 8.05. The summed E-state index contributed by atoms with van der Waals surface area (Å²) < 4.78 is 0. The molecular weight excluding hydrogens is 208 g/mol. The SMILES string of the molecule is CN1CCC(NC2CCCC(C)(C)CC2)CC1. The van der Waals surface area contributed by atoms with Gasteiger partial charge in [-0.1, -0.05) is 20.3 Å². The Morgan fingerprint density at radius 3 is 2.29 bits per heavy atom. The number of hydrogen-bond donors (Lipinski definition) is 1. The van der Waals surface area contributed by atoms with E-state index in [0.717, 1.165) is 12.1 Å². The van der Waals surface area contributed by atoms with Crippen LogP contribution in [-0.4, -0.2) is 37.1 Å². The molecule has 1 aliphatic heterocycles. The van der Waals surface area contributed by atoms with E-state index < -0.39 is 0 Å². The molecule has 0 bridgehead atoms. The predicted octanol–water partition coefficient (Wildman–Crippen LogP) is 3.03. The van der Waals surface area contributed by atoms with E-state index in [0.29, 0.717) is 5.41 Å². The molecule has 1 heterocycles. The van der Waals surface area contributed by atoms with Crippen molar-refractivity contribution in [2.24, 2.45) is 5.41 Å². The van der Waals surface area contributed by atoms with Crippen LogP contribution in [0.2, 0.25) is 0 Å². The smallest absolute Gasteiger partial charge is 0.00939 e. The molecule has 0 aromatic rings. The second-order valence-electron chi connectivity index (χ2n) is 7.04. The van der Waals surface area contributed by atoms with Crippen LogP contribution in [0.3, 0.4) is 0 Å². The van der Waals surface area contributed by atoms with Crippen LogP contribution in [0.15, 0.2) is 0 Å². The van der Waals surface area contributed by atoms with E-state index in [4.69, 9.17) is 0 Å². The fraction of sp³-hybridized carbons (Fsp3) is 1.00. The van der Waals surface area contributed by atoms with Crippen molar-refractivity contribution in [3.05, 3.63) is 0 Å². The summed E-state index contributed by atoms with van der Waals surface area (Å²) in [6, 6.07) is 1.59. The van der Waals surface area contributed by atoms with Crippen LogP contribution >= 0.6 is 0 Å². The van der Waals surface area contributed by atoms with E-state index in [1.807, 2.05) is 0 Å². The fourth-order valence-corrected chi connectivity index (χ4v) is 3.34. The van der Waals surface area contributed by atoms with E-state index in [1.165, 1.54) is 58.0 Å². The normalized spacial score (nSPS) is 32.3. The molecule has 2 fully saturated rings. The van der Waals surface area contributed by atoms with Gasteiger partial charge in [0.05, 0.1) is 0 Å². The van der Waals surface area contributed by atoms with Crippen LogP contribution in [0.4, 0.5) is 0 Å². The largest absolute Gasteiger partial charge is 0.311 e. The summed E-state index contributed by atoms with van der Waals surface area (Å²) in [6.45, 7) is 7.42. The van der Waals surface area contributed by atoms with Gasteiger partial charge in [0.15, 0.2) is 0 Å². The van der Waals surface area contributed by atoms with Crippen molar-refractivity contribution in [1.82, 2.24) is 10.2 Å². The zero-order valence-corrected chi connectivity index (χ0v) is 12.0. The van der Waals surface area contributed by atoms with Gasteiger partial charge in [-0.05, 0) is 64.1 Å². The van der Waals surface area contributed by atoms with Crippen molar-refractivity contribution in [1.29, 1.82) is 0 Å². The lowest BCUT2D eigenvalue weighted by Gasteiger charge is -2.32. The van der Waals surface area contributed by atoms with Gasteiger partial charge in [0, 0.05) is 12.1 Å². The molecule has 1 unspecified atom stereocenters. The summed E-state index contributed by atoms with van der Waals surface area (Å²) in [5.74, 6) is 0. The zero-order valence-electron chi connectivity index (χ0n) is 12.0. The van der Waals surface area contributed by atoms with E-state index in [1.54, 1.807) is 0 Å². The molecule has 2 rings (SSSR count). The third-order valence-corrected chi connectivity index (χ3v) is 4.77. The van der Waals surface area contributed by atoms with Gasteiger partial charge in [-0.3, -0.25) is 0 Å². The standard InChI is InChI=1S/C15H30N2/c1-15(2)9-4-5-13(6-10-15)16-14-7-11-17(3)12-8-14/h13-14,16H,4-12H2,1-3H3. The molecule has 100 valence electrons. The maximum Gasteiger partial charge on any atom is 0.00939 e. The van der Waals surface area contributed by atoms with Crippen molar-refractivity contribution in [2.45, 2.75) is 70.9 Å². The minimum atomic E-state index is 0.587. The summed E-state index contributed by atoms with van der Waals surface area (Å²) in [4.78, 5) is 2.45. The number of nitrogens with one attached hydrogen (secondary N) is 1. The third-order valence-electron chi connectivity index (χ3n) is 4.77. The predicted molar refractivity (Wildman–Crippen MR) is 74.3 cm³/mol. The van der Waals surface area contributed by atoms with Crippen molar-refractivity contribution < 1.29 is 0 Å². The van der Waals surface area contributed by atoms with Crippen LogP contribution in [0.5, 0.6) is 0 Å². The Bertz CT molecular complexity index is 229. The highest BCUT2D eigenvalue weighted by Gasteiger charge is 2.26. The van der Waals surface area contributed by atoms with Gasteiger partial charge in [0.25, 0.3) is 0 Å². The van der Waals surface area contributed by atoms with E-state index in [9.17, 15) is 0 Å². The molecule has 2 aliphatic rings. The summed E-state index contributed by atoms with van der Waals surface area (Å²) in [7, 11) is 2.24. The zero-order chi connectivity index (χ0) is 12.3. The lowest BCUT2D eigenvalue weighted by Crippen LogP contribution is -2.45. The number of piperidine rings is 1. The van der Waals surface area contributed by atoms with Gasteiger partial charge in [-0.15, -0.1) is 0 Å². The molecule has 0 spiro atoms. The maximum atomic E-state index is 3.93. The van der Waals surface area contributed by atoms with E-state index >= 15 is 0 Å². The first-order valence-electron chi connectivity index (χ1n) is 7.50. The molecule has 0 aromatic heterocycles. The summed E-state index contributed by atoms with van der Waals surface area (Å²) >= 11 is 0. The van der Waals surface area contributed by atoms with Gasteiger partial charge < -0.3 is 10.2 Å². The molecule has 1 N–H and O–H groups in total. The van der Waals surface area contributed by atoms with Crippen LogP contribution < -0.4 is 5.32 Å². The molecule has 1 saturated heterocycles. The molecule has 1 atom stereocenters. The summed E-state index contributed by atoms with van der Waals surface area (Å²) in [6.07, 6.45) is 9.70. The minimum absolute atomic E-state index is 0.587. The second-order valence-corrected chi connectivity index (χ2v) is 7.04. The Balaban J connectivity index is 1.75. The van der Waals surface area contributed by atoms with Crippen LogP contribution in [0.25, 0.3) is 0 Å². The molecule has 1 aliphatic carbocycles. The molecular formula is C15H30N2. The van der Waals surface area contributed by atoms with Crippen molar-refractivity contribution in [2.75, 3.05) is 20.1 Å². The molecule has 1 saturated carbocycles. The van der Waals surface area contributed by atoms with Crippen LogP contribution in [0.1, 0.15) is 58.8 Å². The lowest BCUT2D eigenvalue weighted by atomic mass is 9.85. The average Bonchev–Trinajstić information content (AvgIpc) is 2.44. The Kier molecular flexibility index (Phi) is 4.48. The molecule has 0 radical (unpaired) electrons. The van der Waals surface area contributed by atoms with Crippen LogP contribution in [0, 0.1) is 5.41 Å². The third kappa shape index (κ3) is 4.26. The average molecular weight is 238 g/mol. The highest BCUT2D eigenvalue weighted by molar-refractivity contribution is 4.84. The number of rotatable bonds is 2. The molecule has 0 amide bonds. The first-order valence-corrected chi connectivity index (χ1v) is 7.50. The topological polar surface area (TPSA) is 15.3 Å². The van der Waals surface area contributed by atoms with Gasteiger partial charge >= 0.3 is 0 Å². The fourth-order valence-electron chi connectivity index (χ4n) is 3.34. The van der Waals surface area contributed by atoms with Gasteiger partial charge in [0.2, 0.25) is 0 Å². The summed E-state index contributed by atoms with van der Waals surface area (Å²) in [5.41, 5.74) is 0.587. The van der Waals surface area contributed by atoms with E-state index in [2.05, 4.69) is 31.1 Å². The Morgan fingerprint density at radius 1 is 0.941 bits per heavy atom. The first kappa shape index (κ1) is 13.4. The number of hydrogen-bond acceptors (Lipinski definition) is 2. The highest BCUT2D eigenvalue weighted by atomic mass is 15.1. The monoisotopic (exact) mass is 238 g/mol. The quantitative estimate of drug-likeness (QED) is 0.744. The lowest BCUT2D eigenvalue weighted by molar-refractivity contribution is 0.219. The number of nitrogens with zero attached hydrogens (tertiary/aromatic N) is 1. The second kappa shape index (κ2) is 5.71. The Morgan fingerprint density at radius 2 is 1.59 bits per heavy atom. The Hall–Kier alpha value is -0.0800. The Labute approximate surface area is 107 Å². The van der Waals surface area contributed by atoms with Crippen molar-refractivity contribution >= 4 is 0 Å². The van der Waals surface area contributed by atoms with Gasteiger partial charge in [-0.2, -0.15) is 0 Å². The van der Waals surface area contributed by atoms with Gasteiger partial charge in [-0.25, -0.2) is 0 Å². The summed E-state index contributed by atoms with van der Waals surface area (Å²) in [5, 5.41) is 3.93. The van der Waals surface area contributed by atoms with Crippen molar-refractivity contribution in [3.8, 4) is 0 Å². The van der Waals surface area contributed by atoms with Gasteiger partial charge in [0.1, 0.15) is 0 Å². The van der Waals surface area contributed by atoms with Crippen molar-refractivity contribution in [3.63, 3.8) is 0 Å². The highest BCUT2D eigenvalue weighted by Crippen LogP contribution is 2.34. The molecule has 2 heteroatoms. The molecule has 2 nitrogen and oxygen atoms in total. The minimum Gasteiger partial charge on any atom is -0.311 e. The van der Waals surface area contributed by atoms with E-state index in [-0.39, 0.29) is 0 Å². The number of likely N-dealkylation sites (tertiary alicyclic amines) is 1. The molecule has 0 aromatic carbocycles. The molecule has 17 heavy (non-hydrogen) atoms. The van der Waals surface area contributed by atoms with Crippen LogP contribution in [-0.2, 0) is 0 Å². The maximum absolute atomic E-state index is 3.93.